The molecule has 0 aliphatic carbocycles. The lowest BCUT2D eigenvalue weighted by atomic mass is 9.75. The van der Waals surface area contributed by atoms with Crippen molar-refractivity contribution in [3.05, 3.63) is 35.4 Å². The second-order valence-electron chi connectivity index (χ2n) is 8.25. The van der Waals surface area contributed by atoms with E-state index in [-0.39, 0.29) is 38.6 Å². The Kier molecular flexibility index (Phi) is 6.01. The third-order valence-electron chi connectivity index (χ3n) is 6.36. The van der Waals surface area contributed by atoms with E-state index in [1.807, 2.05) is 24.3 Å². The molecule has 0 radical (unpaired) electrons. The molecule has 1 N–H and O–H groups in total. The molecular formula is C24H26O10. The number of aliphatic hydroxyl groups is 1. The summed E-state index contributed by atoms with van der Waals surface area (Å²) in [6, 6.07) is 7.53. The second-order valence-corrected chi connectivity index (χ2v) is 8.25. The third-order valence-corrected chi connectivity index (χ3v) is 6.36. The molecule has 3 aliphatic heterocycles. The Morgan fingerprint density at radius 2 is 1.53 bits per heavy atom. The van der Waals surface area contributed by atoms with Crippen molar-refractivity contribution in [3.63, 3.8) is 0 Å². The van der Waals surface area contributed by atoms with E-state index in [0.29, 0.717) is 34.5 Å². The maximum Gasteiger partial charge on any atom is 0.302 e. The molecule has 5 rings (SSSR count). The van der Waals surface area contributed by atoms with Crippen LogP contribution in [-0.2, 0) is 14.3 Å². The number of rotatable bonds is 7. The van der Waals surface area contributed by atoms with Gasteiger partial charge in [0.25, 0.3) is 0 Å². The maximum atomic E-state index is 11.5. The van der Waals surface area contributed by atoms with Crippen molar-refractivity contribution in [1.29, 1.82) is 0 Å². The number of hydrogen-bond donors (Lipinski definition) is 1. The van der Waals surface area contributed by atoms with Gasteiger partial charge in [0.15, 0.2) is 29.3 Å². The van der Waals surface area contributed by atoms with Crippen LogP contribution in [0, 0.1) is 11.8 Å². The van der Waals surface area contributed by atoms with Gasteiger partial charge in [0.1, 0.15) is 0 Å². The van der Waals surface area contributed by atoms with Crippen molar-refractivity contribution < 1.29 is 47.8 Å². The first-order valence-corrected chi connectivity index (χ1v) is 10.9. The average molecular weight is 474 g/mol. The minimum absolute atomic E-state index is 0.0149. The molecule has 2 aromatic carbocycles. The van der Waals surface area contributed by atoms with Crippen molar-refractivity contribution in [2.45, 2.75) is 19.1 Å². The Labute approximate surface area is 196 Å². The SMILES string of the molecule is COc1cc(C(c2cc(OC)c3c(c2)OCO3)[C@@H]2CO[C@@H](O)[C@H]2COC(C)=O)cc2c1OCO2. The van der Waals surface area contributed by atoms with Crippen molar-refractivity contribution in [2.24, 2.45) is 11.8 Å². The first-order chi connectivity index (χ1) is 16.5. The number of hydrogen-bond acceptors (Lipinski definition) is 10. The van der Waals surface area contributed by atoms with E-state index >= 15 is 0 Å². The highest BCUT2D eigenvalue weighted by molar-refractivity contribution is 5.66. The molecule has 10 heteroatoms. The van der Waals surface area contributed by atoms with Crippen LogP contribution in [0.4, 0.5) is 0 Å². The lowest BCUT2D eigenvalue weighted by Crippen LogP contribution is -2.30. The zero-order valence-corrected chi connectivity index (χ0v) is 19.1. The zero-order valence-electron chi connectivity index (χ0n) is 19.1. The standard InChI is InChI=1S/C24H26O10/c1-12(25)29-9-16-15(8-30-24(16)26)21(13-4-17(27-2)22-19(6-13)31-10-33-22)14-5-18(28-3)23-20(7-14)32-11-34-23/h4-7,15-16,21,24,26H,8-11H2,1-3H3/t15-,16+,24-/m1/s1. The smallest absolute Gasteiger partial charge is 0.302 e. The summed E-state index contributed by atoms with van der Waals surface area (Å²) < 4.78 is 44.5. The van der Waals surface area contributed by atoms with Gasteiger partial charge in [0, 0.05) is 24.7 Å². The molecule has 0 aromatic heterocycles. The van der Waals surface area contributed by atoms with Crippen molar-refractivity contribution >= 4 is 5.97 Å². The molecule has 1 saturated heterocycles. The number of carbonyl (C=O) groups excluding carboxylic acids is 1. The average Bonchev–Trinajstić information content (AvgIpc) is 3.57. The fourth-order valence-electron chi connectivity index (χ4n) is 4.78. The van der Waals surface area contributed by atoms with Gasteiger partial charge in [0.05, 0.1) is 27.4 Å². The summed E-state index contributed by atoms with van der Waals surface area (Å²) in [5.74, 6) is 1.75. The molecule has 0 saturated carbocycles. The van der Waals surface area contributed by atoms with Crippen LogP contribution < -0.4 is 28.4 Å². The predicted molar refractivity (Wildman–Crippen MR) is 116 cm³/mol. The van der Waals surface area contributed by atoms with E-state index in [0.717, 1.165) is 11.1 Å². The number of carbonyl (C=O) groups is 1. The fourth-order valence-corrected chi connectivity index (χ4v) is 4.78. The van der Waals surface area contributed by atoms with Gasteiger partial charge < -0.3 is 43.0 Å². The van der Waals surface area contributed by atoms with E-state index < -0.39 is 18.2 Å². The van der Waals surface area contributed by atoms with Gasteiger partial charge in [-0.1, -0.05) is 0 Å². The number of methoxy groups -OCH3 is 2. The lowest BCUT2D eigenvalue weighted by Gasteiger charge is -2.29. The topological polar surface area (TPSA) is 111 Å². The van der Waals surface area contributed by atoms with Crippen LogP contribution in [0.2, 0.25) is 0 Å². The van der Waals surface area contributed by atoms with E-state index in [2.05, 4.69) is 0 Å². The van der Waals surface area contributed by atoms with E-state index in [9.17, 15) is 9.90 Å². The van der Waals surface area contributed by atoms with Gasteiger partial charge in [-0.25, -0.2) is 0 Å². The third kappa shape index (κ3) is 3.92. The van der Waals surface area contributed by atoms with Gasteiger partial charge >= 0.3 is 5.97 Å². The highest BCUT2D eigenvalue weighted by atomic mass is 16.7. The lowest BCUT2D eigenvalue weighted by molar-refractivity contribution is -0.147. The van der Waals surface area contributed by atoms with Crippen molar-refractivity contribution in [2.75, 3.05) is 41.0 Å². The monoisotopic (exact) mass is 474 g/mol. The summed E-state index contributed by atoms with van der Waals surface area (Å²) in [4.78, 5) is 11.5. The van der Waals surface area contributed by atoms with E-state index in [1.165, 1.54) is 6.92 Å². The minimum Gasteiger partial charge on any atom is -0.493 e. The van der Waals surface area contributed by atoms with Crippen molar-refractivity contribution in [1.82, 2.24) is 0 Å². The maximum absolute atomic E-state index is 11.5. The molecule has 182 valence electrons. The summed E-state index contributed by atoms with van der Waals surface area (Å²) in [6.45, 7) is 1.78. The number of esters is 1. The highest BCUT2D eigenvalue weighted by Crippen LogP contribution is 2.51. The van der Waals surface area contributed by atoms with Crippen LogP contribution in [0.25, 0.3) is 0 Å². The summed E-state index contributed by atoms with van der Waals surface area (Å²) in [6.07, 6.45) is -1.08. The second kappa shape index (κ2) is 9.11. The number of fused-ring (bicyclic) bond motifs is 2. The molecule has 0 amide bonds. The highest BCUT2D eigenvalue weighted by Gasteiger charge is 2.44. The summed E-state index contributed by atoms with van der Waals surface area (Å²) in [5.41, 5.74) is 1.69. The first kappa shape index (κ1) is 22.4. The Hall–Kier alpha value is -3.37. The molecule has 10 nitrogen and oxygen atoms in total. The zero-order chi connectivity index (χ0) is 23.8. The number of benzene rings is 2. The van der Waals surface area contributed by atoms with Gasteiger partial charge in [-0.2, -0.15) is 0 Å². The van der Waals surface area contributed by atoms with Crippen LogP contribution in [0.5, 0.6) is 34.5 Å². The Morgan fingerprint density at radius 3 is 2.03 bits per heavy atom. The molecule has 0 bridgehead atoms. The first-order valence-electron chi connectivity index (χ1n) is 10.9. The van der Waals surface area contributed by atoms with Crippen LogP contribution in [0.3, 0.4) is 0 Å². The molecule has 2 aromatic rings. The largest absolute Gasteiger partial charge is 0.493 e. The molecule has 1 fully saturated rings. The van der Waals surface area contributed by atoms with Gasteiger partial charge in [-0.3, -0.25) is 4.79 Å². The van der Waals surface area contributed by atoms with Crippen molar-refractivity contribution in [3.8, 4) is 34.5 Å². The number of aliphatic hydroxyl groups excluding tert-OH is 1. The quantitative estimate of drug-likeness (QED) is 0.601. The minimum atomic E-state index is -1.08. The Balaban J connectivity index is 1.63. The molecular weight excluding hydrogens is 448 g/mol. The summed E-state index contributed by atoms with van der Waals surface area (Å²) >= 11 is 0. The molecule has 3 aliphatic rings. The summed E-state index contributed by atoms with van der Waals surface area (Å²) in [7, 11) is 3.12. The summed E-state index contributed by atoms with van der Waals surface area (Å²) in [5, 5.41) is 10.6. The molecule has 3 atom stereocenters. The van der Waals surface area contributed by atoms with Gasteiger partial charge in [-0.15, -0.1) is 0 Å². The molecule has 34 heavy (non-hydrogen) atoms. The van der Waals surface area contributed by atoms with E-state index in [4.69, 9.17) is 37.9 Å². The van der Waals surface area contributed by atoms with Crippen LogP contribution in [0.15, 0.2) is 24.3 Å². The van der Waals surface area contributed by atoms with Gasteiger partial charge in [0.2, 0.25) is 25.1 Å². The molecule has 0 spiro atoms. The van der Waals surface area contributed by atoms with Gasteiger partial charge in [-0.05, 0) is 35.4 Å². The molecule has 3 heterocycles. The fraction of sp³-hybridized carbons (Fsp3) is 0.458. The molecule has 0 unspecified atom stereocenters. The van der Waals surface area contributed by atoms with Crippen LogP contribution in [0.1, 0.15) is 24.0 Å². The Bertz CT molecular complexity index is 1020. The van der Waals surface area contributed by atoms with Crippen LogP contribution >= 0.6 is 0 Å². The van der Waals surface area contributed by atoms with E-state index in [1.54, 1.807) is 14.2 Å². The van der Waals surface area contributed by atoms with Crippen LogP contribution in [-0.4, -0.2) is 58.4 Å². The Morgan fingerprint density at radius 1 is 0.971 bits per heavy atom. The normalized spacial score (nSPS) is 22.2. The predicted octanol–water partition coefficient (Wildman–Crippen LogP) is 2.44. The number of ether oxygens (including phenoxy) is 8.